The van der Waals surface area contributed by atoms with Crippen molar-refractivity contribution < 1.29 is 0 Å². The molecule has 2 aromatic rings. The Hall–Kier alpha value is -1.22. The van der Waals surface area contributed by atoms with E-state index in [9.17, 15) is 0 Å². The molecule has 2 heterocycles. The summed E-state index contributed by atoms with van der Waals surface area (Å²) >= 11 is 3.36. The van der Waals surface area contributed by atoms with E-state index < -0.39 is 0 Å². The number of halogens is 1. The van der Waals surface area contributed by atoms with Gasteiger partial charge in [0.2, 0.25) is 0 Å². The topological polar surface area (TPSA) is 25.8 Å². The second-order valence-corrected chi connectivity index (χ2v) is 4.27. The summed E-state index contributed by atoms with van der Waals surface area (Å²) in [5.74, 6) is 0. The number of aryl methyl sites for hydroxylation is 2. The predicted octanol–water partition coefficient (Wildman–Crippen LogP) is 3.52. The van der Waals surface area contributed by atoms with Crippen molar-refractivity contribution in [3.8, 4) is 11.1 Å². The van der Waals surface area contributed by atoms with E-state index in [1.54, 1.807) is 6.20 Å². The van der Waals surface area contributed by atoms with Crippen molar-refractivity contribution in [1.82, 2.24) is 9.97 Å². The molecule has 0 fully saturated rings. The zero-order valence-corrected chi connectivity index (χ0v) is 10.2. The molecule has 0 aliphatic heterocycles. The lowest BCUT2D eigenvalue weighted by atomic mass is 10.0. The number of hydrogen-bond acceptors (Lipinski definition) is 2. The Kier molecular flexibility index (Phi) is 2.82. The molecule has 0 spiro atoms. The van der Waals surface area contributed by atoms with Crippen LogP contribution in [0, 0.1) is 13.8 Å². The number of aromatic nitrogens is 2. The number of hydrogen-bond donors (Lipinski definition) is 0. The van der Waals surface area contributed by atoms with E-state index in [1.165, 1.54) is 5.56 Å². The highest BCUT2D eigenvalue weighted by molar-refractivity contribution is 9.10. The molecule has 0 aliphatic rings. The van der Waals surface area contributed by atoms with Crippen molar-refractivity contribution in [3.05, 3.63) is 46.5 Å². The van der Waals surface area contributed by atoms with Crippen LogP contribution in [0.25, 0.3) is 11.1 Å². The fourth-order valence-electron chi connectivity index (χ4n) is 1.56. The van der Waals surface area contributed by atoms with Gasteiger partial charge in [-0.25, -0.2) is 4.98 Å². The highest BCUT2D eigenvalue weighted by Gasteiger charge is 2.05. The SMILES string of the molecule is Cc1ccncc1-c1ccc(Br)nc1C. The lowest BCUT2D eigenvalue weighted by Gasteiger charge is -2.07. The average Bonchev–Trinajstić information content (AvgIpc) is 2.20. The first-order valence-corrected chi connectivity index (χ1v) is 5.52. The van der Waals surface area contributed by atoms with Crippen molar-refractivity contribution in [2.45, 2.75) is 13.8 Å². The average molecular weight is 263 g/mol. The Morgan fingerprint density at radius 2 is 1.87 bits per heavy atom. The summed E-state index contributed by atoms with van der Waals surface area (Å²) < 4.78 is 0.866. The maximum Gasteiger partial charge on any atom is 0.106 e. The Balaban J connectivity index is 2.60. The molecular formula is C12H11BrN2. The highest BCUT2D eigenvalue weighted by Crippen LogP contribution is 2.25. The Morgan fingerprint density at radius 1 is 1.07 bits per heavy atom. The lowest BCUT2D eigenvalue weighted by Crippen LogP contribution is -1.91. The third kappa shape index (κ3) is 2.07. The molecule has 2 rings (SSSR count). The van der Waals surface area contributed by atoms with E-state index in [4.69, 9.17) is 0 Å². The monoisotopic (exact) mass is 262 g/mol. The first-order valence-electron chi connectivity index (χ1n) is 4.72. The van der Waals surface area contributed by atoms with E-state index >= 15 is 0 Å². The van der Waals surface area contributed by atoms with Gasteiger partial charge in [0.25, 0.3) is 0 Å². The van der Waals surface area contributed by atoms with Gasteiger partial charge in [-0.3, -0.25) is 4.98 Å². The van der Waals surface area contributed by atoms with Gasteiger partial charge in [0.15, 0.2) is 0 Å². The first kappa shape index (κ1) is 10.3. The van der Waals surface area contributed by atoms with Gasteiger partial charge in [0.1, 0.15) is 4.60 Å². The highest BCUT2D eigenvalue weighted by atomic mass is 79.9. The molecular weight excluding hydrogens is 252 g/mol. The van der Waals surface area contributed by atoms with E-state index in [0.29, 0.717) is 0 Å². The molecule has 0 radical (unpaired) electrons. The van der Waals surface area contributed by atoms with Gasteiger partial charge in [-0.2, -0.15) is 0 Å². The van der Waals surface area contributed by atoms with Crippen LogP contribution in [0.5, 0.6) is 0 Å². The second kappa shape index (κ2) is 4.11. The van der Waals surface area contributed by atoms with Crippen LogP contribution in [0.15, 0.2) is 35.2 Å². The maximum absolute atomic E-state index is 4.38. The second-order valence-electron chi connectivity index (χ2n) is 3.46. The van der Waals surface area contributed by atoms with Crippen LogP contribution in [0.2, 0.25) is 0 Å². The van der Waals surface area contributed by atoms with Gasteiger partial charge in [0, 0.05) is 29.2 Å². The predicted molar refractivity (Wildman–Crippen MR) is 64.6 cm³/mol. The van der Waals surface area contributed by atoms with E-state index in [2.05, 4.69) is 38.9 Å². The minimum absolute atomic E-state index is 0.866. The number of rotatable bonds is 1. The Morgan fingerprint density at radius 3 is 2.53 bits per heavy atom. The van der Waals surface area contributed by atoms with Gasteiger partial charge in [0.05, 0.1) is 0 Å². The molecule has 0 atom stereocenters. The van der Waals surface area contributed by atoms with Gasteiger partial charge in [-0.1, -0.05) is 0 Å². The molecule has 0 saturated heterocycles. The van der Waals surface area contributed by atoms with Crippen LogP contribution in [-0.4, -0.2) is 9.97 Å². The molecule has 0 saturated carbocycles. The minimum Gasteiger partial charge on any atom is -0.264 e. The minimum atomic E-state index is 0.866. The van der Waals surface area contributed by atoms with Crippen LogP contribution in [0.1, 0.15) is 11.3 Å². The molecule has 0 amide bonds. The third-order valence-corrected chi connectivity index (χ3v) is 2.82. The molecule has 0 unspecified atom stereocenters. The van der Waals surface area contributed by atoms with Crippen molar-refractivity contribution in [2.24, 2.45) is 0 Å². The summed E-state index contributed by atoms with van der Waals surface area (Å²) in [6, 6.07) is 6.03. The number of pyridine rings is 2. The summed E-state index contributed by atoms with van der Waals surface area (Å²) in [6.07, 6.45) is 3.69. The quantitative estimate of drug-likeness (QED) is 0.735. The standard InChI is InChI=1S/C12H11BrN2/c1-8-5-6-14-7-11(8)10-3-4-12(13)15-9(10)2/h3-7H,1-2H3. The molecule has 76 valence electrons. The molecule has 3 heteroatoms. The molecule has 2 nitrogen and oxygen atoms in total. The molecule has 2 aromatic heterocycles. The molecule has 0 aromatic carbocycles. The normalized spacial score (nSPS) is 10.3. The van der Waals surface area contributed by atoms with Crippen LogP contribution in [-0.2, 0) is 0 Å². The van der Waals surface area contributed by atoms with Gasteiger partial charge < -0.3 is 0 Å². The van der Waals surface area contributed by atoms with Crippen molar-refractivity contribution in [2.75, 3.05) is 0 Å². The Bertz CT molecular complexity index is 495. The van der Waals surface area contributed by atoms with Gasteiger partial charge in [-0.05, 0) is 53.5 Å². The largest absolute Gasteiger partial charge is 0.264 e. The molecule has 0 N–H and O–H groups in total. The summed E-state index contributed by atoms with van der Waals surface area (Å²) in [5, 5.41) is 0. The maximum atomic E-state index is 4.38. The van der Waals surface area contributed by atoms with Gasteiger partial charge >= 0.3 is 0 Å². The fraction of sp³-hybridized carbons (Fsp3) is 0.167. The van der Waals surface area contributed by atoms with Crippen LogP contribution in [0.3, 0.4) is 0 Å². The van der Waals surface area contributed by atoms with Crippen molar-refractivity contribution in [3.63, 3.8) is 0 Å². The van der Waals surface area contributed by atoms with Crippen LogP contribution >= 0.6 is 15.9 Å². The first-order chi connectivity index (χ1) is 7.18. The smallest absolute Gasteiger partial charge is 0.106 e. The summed E-state index contributed by atoms with van der Waals surface area (Å²) in [6.45, 7) is 4.09. The van der Waals surface area contributed by atoms with Crippen molar-refractivity contribution >= 4 is 15.9 Å². The van der Waals surface area contributed by atoms with Crippen molar-refractivity contribution in [1.29, 1.82) is 0 Å². The number of nitrogens with zero attached hydrogens (tertiary/aromatic N) is 2. The van der Waals surface area contributed by atoms with Gasteiger partial charge in [-0.15, -0.1) is 0 Å². The molecule has 0 bridgehead atoms. The lowest BCUT2D eigenvalue weighted by molar-refractivity contribution is 1.16. The van der Waals surface area contributed by atoms with E-state index in [-0.39, 0.29) is 0 Å². The molecule has 15 heavy (non-hydrogen) atoms. The molecule has 0 aliphatic carbocycles. The Labute approximate surface area is 97.5 Å². The summed E-state index contributed by atoms with van der Waals surface area (Å²) in [4.78, 5) is 8.53. The van der Waals surface area contributed by atoms with E-state index in [0.717, 1.165) is 21.4 Å². The zero-order chi connectivity index (χ0) is 10.8. The fourth-order valence-corrected chi connectivity index (χ4v) is 1.96. The third-order valence-electron chi connectivity index (χ3n) is 2.38. The zero-order valence-electron chi connectivity index (χ0n) is 8.66. The van der Waals surface area contributed by atoms with Crippen LogP contribution < -0.4 is 0 Å². The summed E-state index contributed by atoms with van der Waals surface area (Å²) in [7, 11) is 0. The van der Waals surface area contributed by atoms with Crippen LogP contribution in [0.4, 0.5) is 0 Å². The summed E-state index contributed by atoms with van der Waals surface area (Å²) in [5.41, 5.74) is 4.52. The van der Waals surface area contributed by atoms with E-state index in [1.807, 2.05) is 25.3 Å².